The lowest BCUT2D eigenvalue weighted by atomic mass is 9.94. The number of aliphatic hydroxyl groups is 2. The lowest BCUT2D eigenvalue weighted by molar-refractivity contribution is -0.0242. The van der Waals surface area contributed by atoms with Gasteiger partial charge in [-0.2, -0.15) is 0 Å². The Morgan fingerprint density at radius 1 is 1.32 bits per heavy atom. The summed E-state index contributed by atoms with van der Waals surface area (Å²) in [6, 6.07) is 9.96. The highest BCUT2D eigenvalue weighted by atomic mass is 32.2. The Morgan fingerprint density at radius 3 is 2.88 bits per heavy atom. The molecule has 1 aliphatic rings. The standard InChI is InChI=1S/C18H24N4O2S/c1-13-5-2-3-6-14(13)10-25-17-20-15(19)9-16(21-17)22-8-4-7-18(24,11-22)12-23/h2-3,5-6,9,23-24H,4,7-8,10-12H2,1H3,(H2,19,20,21)/t18-/m0/s1. The Labute approximate surface area is 152 Å². The first-order valence-corrected chi connectivity index (χ1v) is 9.38. The van der Waals surface area contributed by atoms with Crippen LogP contribution in [0.5, 0.6) is 0 Å². The number of hydrogen-bond donors (Lipinski definition) is 3. The normalized spacial score (nSPS) is 20.7. The van der Waals surface area contributed by atoms with E-state index in [2.05, 4.69) is 29.0 Å². The molecule has 25 heavy (non-hydrogen) atoms. The van der Waals surface area contributed by atoms with Crippen molar-refractivity contribution in [3.8, 4) is 0 Å². The first kappa shape index (κ1) is 18.0. The van der Waals surface area contributed by atoms with Crippen LogP contribution in [0.4, 0.5) is 11.6 Å². The number of aromatic nitrogens is 2. The Balaban J connectivity index is 1.75. The first-order chi connectivity index (χ1) is 12.0. The molecule has 0 unspecified atom stereocenters. The largest absolute Gasteiger partial charge is 0.393 e. The Morgan fingerprint density at radius 2 is 2.12 bits per heavy atom. The fraction of sp³-hybridized carbons (Fsp3) is 0.444. The maximum absolute atomic E-state index is 10.4. The van der Waals surface area contributed by atoms with Crippen LogP contribution in [0.1, 0.15) is 24.0 Å². The van der Waals surface area contributed by atoms with Crippen molar-refractivity contribution in [1.82, 2.24) is 9.97 Å². The minimum Gasteiger partial charge on any atom is -0.393 e. The average Bonchev–Trinajstić information content (AvgIpc) is 2.61. The molecule has 1 aromatic heterocycles. The molecule has 4 N–H and O–H groups in total. The average molecular weight is 360 g/mol. The number of piperidine rings is 1. The third-order valence-corrected chi connectivity index (χ3v) is 5.40. The molecule has 134 valence electrons. The second-order valence-corrected chi connectivity index (χ2v) is 7.50. The van der Waals surface area contributed by atoms with E-state index < -0.39 is 5.60 Å². The second-order valence-electron chi connectivity index (χ2n) is 6.56. The summed E-state index contributed by atoms with van der Waals surface area (Å²) in [7, 11) is 0. The lowest BCUT2D eigenvalue weighted by Gasteiger charge is -2.38. The van der Waals surface area contributed by atoms with E-state index in [0.717, 1.165) is 18.7 Å². The van der Waals surface area contributed by atoms with Crippen LogP contribution in [-0.4, -0.2) is 45.5 Å². The summed E-state index contributed by atoms with van der Waals surface area (Å²) < 4.78 is 0. The maximum atomic E-state index is 10.4. The minimum atomic E-state index is -1.08. The topological polar surface area (TPSA) is 95.5 Å². The molecule has 0 radical (unpaired) electrons. The second kappa shape index (κ2) is 7.59. The first-order valence-electron chi connectivity index (χ1n) is 8.39. The molecule has 3 rings (SSSR count). The number of anilines is 2. The van der Waals surface area contributed by atoms with Gasteiger partial charge in [0.25, 0.3) is 0 Å². The van der Waals surface area contributed by atoms with Gasteiger partial charge >= 0.3 is 0 Å². The van der Waals surface area contributed by atoms with Crippen LogP contribution in [0.3, 0.4) is 0 Å². The predicted molar refractivity (Wildman–Crippen MR) is 101 cm³/mol. The van der Waals surface area contributed by atoms with Gasteiger partial charge in [0.05, 0.1) is 13.2 Å². The SMILES string of the molecule is Cc1ccccc1CSc1nc(N)cc(N2CCC[C@@](O)(CO)C2)n1. The number of aliphatic hydroxyl groups excluding tert-OH is 1. The molecule has 1 aliphatic heterocycles. The van der Waals surface area contributed by atoms with Crippen molar-refractivity contribution in [2.45, 2.75) is 36.3 Å². The van der Waals surface area contributed by atoms with Gasteiger partial charge in [0.2, 0.25) is 0 Å². The molecule has 0 amide bonds. The predicted octanol–water partition coefficient (Wildman–Crippen LogP) is 1.98. The van der Waals surface area contributed by atoms with E-state index in [1.807, 2.05) is 17.0 Å². The van der Waals surface area contributed by atoms with Crippen molar-refractivity contribution in [2.24, 2.45) is 0 Å². The minimum absolute atomic E-state index is 0.251. The van der Waals surface area contributed by atoms with Gasteiger partial charge < -0.3 is 20.8 Å². The number of benzene rings is 1. The quantitative estimate of drug-likeness (QED) is 0.554. The summed E-state index contributed by atoms with van der Waals surface area (Å²) in [4.78, 5) is 10.9. The maximum Gasteiger partial charge on any atom is 0.191 e. The van der Waals surface area contributed by atoms with E-state index in [0.29, 0.717) is 29.8 Å². The van der Waals surface area contributed by atoms with Crippen LogP contribution in [0.15, 0.2) is 35.5 Å². The van der Waals surface area contributed by atoms with Crippen LogP contribution < -0.4 is 10.6 Å². The summed E-state index contributed by atoms with van der Waals surface area (Å²) in [6.45, 7) is 2.96. The van der Waals surface area contributed by atoms with Crippen LogP contribution >= 0.6 is 11.8 Å². The molecule has 0 spiro atoms. The number of thioether (sulfide) groups is 1. The van der Waals surface area contributed by atoms with Crippen molar-refractivity contribution in [3.63, 3.8) is 0 Å². The number of nitrogens with two attached hydrogens (primary N) is 1. The van der Waals surface area contributed by atoms with Gasteiger partial charge in [0, 0.05) is 18.4 Å². The number of aryl methyl sites for hydroxylation is 1. The van der Waals surface area contributed by atoms with Crippen LogP contribution in [0.2, 0.25) is 0 Å². The van der Waals surface area contributed by atoms with Crippen molar-refractivity contribution in [3.05, 3.63) is 41.5 Å². The molecule has 2 heterocycles. The van der Waals surface area contributed by atoms with Gasteiger partial charge in [0.1, 0.15) is 17.2 Å². The molecule has 1 saturated heterocycles. The van der Waals surface area contributed by atoms with Gasteiger partial charge in [-0.05, 0) is 30.9 Å². The summed E-state index contributed by atoms with van der Waals surface area (Å²) >= 11 is 1.54. The molecular formula is C18H24N4O2S. The van der Waals surface area contributed by atoms with Crippen LogP contribution in [0, 0.1) is 6.92 Å². The highest BCUT2D eigenvalue weighted by Crippen LogP contribution is 2.28. The van der Waals surface area contributed by atoms with Crippen LogP contribution in [0.25, 0.3) is 0 Å². The number of β-amino-alcohol motifs (C(OH)–C–C–N with tert-alkyl or cyclic N) is 1. The van der Waals surface area contributed by atoms with Crippen molar-refractivity contribution >= 4 is 23.4 Å². The van der Waals surface area contributed by atoms with Gasteiger partial charge in [-0.25, -0.2) is 9.97 Å². The highest BCUT2D eigenvalue weighted by molar-refractivity contribution is 7.98. The van der Waals surface area contributed by atoms with E-state index in [1.165, 1.54) is 11.1 Å². The molecule has 0 aliphatic carbocycles. The van der Waals surface area contributed by atoms with E-state index >= 15 is 0 Å². The zero-order valence-electron chi connectivity index (χ0n) is 14.4. The van der Waals surface area contributed by atoms with Gasteiger partial charge in [-0.3, -0.25) is 0 Å². The molecule has 7 heteroatoms. The molecule has 1 fully saturated rings. The summed E-state index contributed by atoms with van der Waals surface area (Å²) in [5.41, 5.74) is 7.37. The molecule has 1 aromatic carbocycles. The summed E-state index contributed by atoms with van der Waals surface area (Å²) in [5.74, 6) is 1.89. The molecule has 0 saturated carbocycles. The highest BCUT2D eigenvalue weighted by Gasteiger charge is 2.33. The van der Waals surface area contributed by atoms with Crippen molar-refractivity contribution in [1.29, 1.82) is 0 Å². The third-order valence-electron chi connectivity index (χ3n) is 4.50. The number of nitrogens with zero attached hydrogens (tertiary/aromatic N) is 3. The zero-order chi connectivity index (χ0) is 17.9. The third kappa shape index (κ3) is 4.42. The van der Waals surface area contributed by atoms with E-state index in [-0.39, 0.29) is 6.61 Å². The monoisotopic (exact) mass is 360 g/mol. The molecule has 6 nitrogen and oxygen atoms in total. The summed E-state index contributed by atoms with van der Waals surface area (Å²) in [5, 5.41) is 20.4. The Bertz CT molecular complexity index is 743. The van der Waals surface area contributed by atoms with E-state index in [9.17, 15) is 10.2 Å². The van der Waals surface area contributed by atoms with E-state index in [4.69, 9.17) is 5.73 Å². The molecule has 1 atom stereocenters. The fourth-order valence-corrected chi connectivity index (χ4v) is 3.94. The van der Waals surface area contributed by atoms with Crippen molar-refractivity contribution < 1.29 is 10.2 Å². The van der Waals surface area contributed by atoms with Gasteiger partial charge in [0.15, 0.2) is 5.16 Å². The van der Waals surface area contributed by atoms with E-state index in [1.54, 1.807) is 17.8 Å². The fourth-order valence-electron chi connectivity index (χ4n) is 3.01. The zero-order valence-corrected chi connectivity index (χ0v) is 15.2. The number of hydrogen-bond acceptors (Lipinski definition) is 7. The van der Waals surface area contributed by atoms with Gasteiger partial charge in [-0.15, -0.1) is 0 Å². The van der Waals surface area contributed by atoms with Crippen molar-refractivity contribution in [2.75, 3.05) is 30.3 Å². The Hall–Kier alpha value is -1.83. The summed E-state index contributed by atoms with van der Waals surface area (Å²) in [6.07, 6.45) is 1.39. The van der Waals surface area contributed by atoms with Gasteiger partial charge in [-0.1, -0.05) is 36.0 Å². The number of rotatable bonds is 5. The molecule has 0 bridgehead atoms. The smallest absolute Gasteiger partial charge is 0.191 e. The lowest BCUT2D eigenvalue weighted by Crippen LogP contribution is -2.50. The molecule has 2 aromatic rings. The number of nitrogen functional groups attached to an aromatic ring is 1. The Kier molecular flexibility index (Phi) is 5.46. The van der Waals surface area contributed by atoms with Crippen LogP contribution in [-0.2, 0) is 5.75 Å². The molecular weight excluding hydrogens is 336 g/mol.